The van der Waals surface area contributed by atoms with Crippen LogP contribution in [0.25, 0.3) is 76.9 Å². The lowest BCUT2D eigenvalue weighted by atomic mass is 9.82. The molecular formula is C53H37NO. The van der Waals surface area contributed by atoms with E-state index in [9.17, 15) is 0 Å². The molecule has 1 aliphatic carbocycles. The maximum atomic E-state index is 6.76. The molecule has 0 amide bonds. The van der Waals surface area contributed by atoms with Gasteiger partial charge in [0.1, 0.15) is 5.58 Å². The molecule has 0 saturated heterocycles. The van der Waals surface area contributed by atoms with E-state index in [4.69, 9.17) is 4.42 Å². The summed E-state index contributed by atoms with van der Waals surface area (Å²) in [5.74, 6) is 0. The number of anilines is 3. The van der Waals surface area contributed by atoms with Crippen LogP contribution in [-0.4, -0.2) is 0 Å². The standard InChI is InChI=1S/C53H37NO/c1-53(2)46-27-8-6-22-41(46)45-32-37-20-13-28-48(44(37)33-47(45)53)54(49-29-14-26-43-42-23-7-9-30-50(42)55-52(43)49)38-21-10-19-36(31-38)40-25-12-18-35-17-11-24-39(51(35)40)34-15-4-3-5-16-34/h3-33H,1-2H3. The molecule has 0 saturated carbocycles. The second kappa shape index (κ2) is 12.1. The minimum Gasteiger partial charge on any atom is -0.454 e. The van der Waals surface area contributed by atoms with Gasteiger partial charge in [-0.1, -0.05) is 159 Å². The van der Waals surface area contributed by atoms with Crippen LogP contribution in [0.1, 0.15) is 25.0 Å². The van der Waals surface area contributed by atoms with Gasteiger partial charge in [0.15, 0.2) is 5.58 Å². The van der Waals surface area contributed by atoms with E-state index in [1.807, 2.05) is 6.07 Å². The van der Waals surface area contributed by atoms with Crippen LogP contribution in [0.3, 0.4) is 0 Å². The van der Waals surface area contributed by atoms with Gasteiger partial charge >= 0.3 is 0 Å². The lowest BCUT2D eigenvalue weighted by Crippen LogP contribution is -2.15. The number of nitrogens with zero attached hydrogens (tertiary/aromatic N) is 1. The minimum absolute atomic E-state index is 0.123. The van der Waals surface area contributed by atoms with Gasteiger partial charge in [-0.15, -0.1) is 0 Å². The predicted molar refractivity (Wildman–Crippen MR) is 232 cm³/mol. The maximum absolute atomic E-state index is 6.76. The molecule has 2 heteroatoms. The van der Waals surface area contributed by atoms with Crippen molar-refractivity contribution < 1.29 is 4.42 Å². The van der Waals surface area contributed by atoms with Crippen LogP contribution >= 0.6 is 0 Å². The lowest BCUT2D eigenvalue weighted by Gasteiger charge is -2.28. The Morgan fingerprint density at radius 3 is 1.93 bits per heavy atom. The van der Waals surface area contributed by atoms with Crippen molar-refractivity contribution in [3.05, 3.63) is 199 Å². The fourth-order valence-corrected chi connectivity index (χ4v) is 9.22. The highest BCUT2D eigenvalue weighted by molar-refractivity contribution is 6.13. The van der Waals surface area contributed by atoms with E-state index in [1.165, 1.54) is 60.5 Å². The molecule has 1 aliphatic rings. The topological polar surface area (TPSA) is 16.4 Å². The van der Waals surface area contributed by atoms with E-state index in [1.54, 1.807) is 0 Å². The fraction of sp³-hybridized carbons (Fsp3) is 0.0566. The Morgan fingerprint density at radius 1 is 0.418 bits per heavy atom. The van der Waals surface area contributed by atoms with Gasteiger partial charge in [-0.05, 0) is 103 Å². The van der Waals surface area contributed by atoms with Crippen LogP contribution in [-0.2, 0) is 5.41 Å². The highest BCUT2D eigenvalue weighted by Gasteiger charge is 2.36. The van der Waals surface area contributed by atoms with Gasteiger partial charge in [0.05, 0.1) is 11.4 Å². The number of benzene rings is 9. The van der Waals surface area contributed by atoms with Crippen molar-refractivity contribution in [2.45, 2.75) is 19.3 Å². The SMILES string of the molecule is CC1(C)c2ccccc2-c2cc3cccc(N(c4cccc(-c5cccc6cccc(-c7ccccc7)c56)c4)c4cccc5c4oc4ccccc45)c3cc21. The van der Waals surface area contributed by atoms with Crippen LogP contribution in [0, 0.1) is 0 Å². The third kappa shape index (κ3) is 4.81. The fourth-order valence-electron chi connectivity index (χ4n) is 9.22. The first-order valence-electron chi connectivity index (χ1n) is 19.1. The molecule has 11 rings (SSSR count). The van der Waals surface area contributed by atoms with E-state index in [-0.39, 0.29) is 5.41 Å². The summed E-state index contributed by atoms with van der Waals surface area (Å²) in [7, 11) is 0. The quantitative estimate of drug-likeness (QED) is 0.177. The summed E-state index contributed by atoms with van der Waals surface area (Å²) in [6.45, 7) is 4.72. The van der Waals surface area contributed by atoms with Crippen molar-refractivity contribution in [2.24, 2.45) is 0 Å². The van der Waals surface area contributed by atoms with Crippen LogP contribution in [0.2, 0.25) is 0 Å². The van der Waals surface area contributed by atoms with E-state index < -0.39 is 0 Å². The molecule has 10 aromatic rings. The zero-order valence-corrected chi connectivity index (χ0v) is 30.8. The monoisotopic (exact) mass is 703 g/mol. The zero-order chi connectivity index (χ0) is 36.7. The van der Waals surface area contributed by atoms with Crippen LogP contribution in [0.15, 0.2) is 192 Å². The summed E-state index contributed by atoms with van der Waals surface area (Å²) in [5.41, 5.74) is 15.0. The molecule has 0 N–H and O–H groups in total. The molecule has 2 nitrogen and oxygen atoms in total. The molecule has 0 radical (unpaired) electrons. The Labute approximate surface area is 320 Å². The van der Waals surface area contributed by atoms with Gasteiger partial charge in [-0.2, -0.15) is 0 Å². The third-order valence-corrected chi connectivity index (χ3v) is 11.8. The molecular weight excluding hydrogens is 667 g/mol. The van der Waals surface area contributed by atoms with Crippen molar-refractivity contribution in [1.82, 2.24) is 0 Å². The maximum Gasteiger partial charge on any atom is 0.159 e. The van der Waals surface area contributed by atoms with Crippen LogP contribution in [0.5, 0.6) is 0 Å². The number of hydrogen-bond donors (Lipinski definition) is 0. The number of furan rings is 1. The Bertz CT molecular complexity index is 3130. The summed E-state index contributed by atoms with van der Waals surface area (Å²) in [6, 6.07) is 68.4. The molecule has 0 bridgehead atoms. The second-order valence-corrected chi connectivity index (χ2v) is 15.3. The van der Waals surface area contributed by atoms with Crippen LogP contribution in [0.4, 0.5) is 17.1 Å². The molecule has 1 heterocycles. The summed E-state index contributed by atoms with van der Waals surface area (Å²) >= 11 is 0. The average Bonchev–Trinajstić information content (AvgIpc) is 3.72. The van der Waals surface area contributed by atoms with Gasteiger partial charge in [-0.25, -0.2) is 0 Å². The lowest BCUT2D eigenvalue weighted by molar-refractivity contribution is 0.661. The largest absolute Gasteiger partial charge is 0.454 e. The Morgan fingerprint density at radius 2 is 1.05 bits per heavy atom. The smallest absolute Gasteiger partial charge is 0.159 e. The number of hydrogen-bond acceptors (Lipinski definition) is 2. The number of para-hydroxylation sites is 2. The first kappa shape index (κ1) is 31.6. The Hall–Kier alpha value is -6.90. The highest BCUT2D eigenvalue weighted by Crippen LogP contribution is 2.52. The Balaban J connectivity index is 1.18. The molecule has 0 atom stereocenters. The van der Waals surface area contributed by atoms with Gasteiger partial charge in [0.25, 0.3) is 0 Å². The van der Waals surface area contributed by atoms with E-state index in [0.29, 0.717) is 0 Å². The van der Waals surface area contributed by atoms with Gasteiger partial charge < -0.3 is 9.32 Å². The van der Waals surface area contributed by atoms with Crippen molar-refractivity contribution in [1.29, 1.82) is 0 Å². The molecule has 9 aromatic carbocycles. The zero-order valence-electron chi connectivity index (χ0n) is 30.8. The first-order valence-corrected chi connectivity index (χ1v) is 19.1. The molecule has 0 fully saturated rings. The Kier molecular flexibility index (Phi) is 6.93. The summed E-state index contributed by atoms with van der Waals surface area (Å²) < 4.78 is 6.76. The molecule has 0 aliphatic heterocycles. The van der Waals surface area contributed by atoms with Gasteiger partial charge in [-0.3, -0.25) is 0 Å². The third-order valence-electron chi connectivity index (χ3n) is 11.8. The molecule has 1 aromatic heterocycles. The summed E-state index contributed by atoms with van der Waals surface area (Å²) in [5, 5.41) is 7.11. The summed E-state index contributed by atoms with van der Waals surface area (Å²) in [6.07, 6.45) is 0. The van der Waals surface area contributed by atoms with Crippen LogP contribution < -0.4 is 4.90 Å². The van der Waals surface area contributed by atoms with E-state index in [0.717, 1.165) is 44.6 Å². The normalized spacial score (nSPS) is 13.1. The summed E-state index contributed by atoms with van der Waals surface area (Å²) in [4.78, 5) is 2.42. The van der Waals surface area contributed by atoms with E-state index in [2.05, 4.69) is 201 Å². The molecule has 260 valence electrons. The molecule has 55 heavy (non-hydrogen) atoms. The second-order valence-electron chi connectivity index (χ2n) is 15.3. The van der Waals surface area contributed by atoms with Crippen molar-refractivity contribution in [3.8, 4) is 33.4 Å². The van der Waals surface area contributed by atoms with Crippen molar-refractivity contribution >= 4 is 60.5 Å². The minimum atomic E-state index is -0.123. The van der Waals surface area contributed by atoms with E-state index >= 15 is 0 Å². The number of rotatable bonds is 5. The molecule has 0 unspecified atom stereocenters. The van der Waals surface area contributed by atoms with Crippen molar-refractivity contribution in [2.75, 3.05) is 4.90 Å². The molecule has 0 spiro atoms. The first-order chi connectivity index (χ1) is 27.0. The average molecular weight is 704 g/mol. The number of fused-ring (bicyclic) bond motifs is 8. The predicted octanol–water partition coefficient (Wildman–Crippen LogP) is 15.0. The van der Waals surface area contributed by atoms with Crippen molar-refractivity contribution in [3.63, 3.8) is 0 Å². The highest BCUT2D eigenvalue weighted by atomic mass is 16.3. The van der Waals surface area contributed by atoms with Gasteiger partial charge in [0.2, 0.25) is 0 Å². The van der Waals surface area contributed by atoms with Gasteiger partial charge in [0, 0.05) is 27.3 Å².